The van der Waals surface area contributed by atoms with Gasteiger partial charge >= 0.3 is 0 Å². The third kappa shape index (κ3) is 5.23. The van der Waals surface area contributed by atoms with E-state index in [2.05, 4.69) is 15.3 Å². The summed E-state index contributed by atoms with van der Waals surface area (Å²) in [6, 6.07) is 19.7. The van der Waals surface area contributed by atoms with Crippen molar-refractivity contribution in [1.29, 1.82) is 0 Å². The van der Waals surface area contributed by atoms with Crippen molar-refractivity contribution in [3.63, 3.8) is 0 Å². The molecule has 5 rings (SSSR count). The molecule has 198 valence electrons. The monoisotopic (exact) mass is 525 g/mol. The average Bonchev–Trinajstić information content (AvgIpc) is 3.19. The number of pyridine rings is 2. The number of fused-ring (bicyclic) bond motifs is 1. The van der Waals surface area contributed by atoms with Crippen LogP contribution in [0.3, 0.4) is 0 Å². The van der Waals surface area contributed by atoms with Crippen LogP contribution in [0.1, 0.15) is 17.3 Å². The predicted octanol–water partition coefficient (Wildman–Crippen LogP) is 4.23. The number of ether oxygens (including phenoxy) is 2. The van der Waals surface area contributed by atoms with E-state index in [9.17, 15) is 14.7 Å². The molecule has 10 heteroatoms. The van der Waals surface area contributed by atoms with Gasteiger partial charge in [0.2, 0.25) is 0 Å². The Hall–Kier alpha value is -4.96. The molecule has 2 aromatic carbocycles. The Morgan fingerprint density at radius 2 is 1.82 bits per heavy atom. The van der Waals surface area contributed by atoms with Gasteiger partial charge in [-0.05, 0) is 37.3 Å². The van der Waals surface area contributed by atoms with E-state index in [1.165, 1.54) is 10.9 Å². The molecule has 2 N–H and O–H groups in total. The lowest BCUT2D eigenvalue weighted by Gasteiger charge is -2.14. The van der Waals surface area contributed by atoms with Gasteiger partial charge in [0.25, 0.3) is 11.5 Å². The van der Waals surface area contributed by atoms with Gasteiger partial charge in [0.15, 0.2) is 0 Å². The fourth-order valence-corrected chi connectivity index (χ4v) is 4.35. The maximum absolute atomic E-state index is 13.4. The van der Waals surface area contributed by atoms with Crippen LogP contribution in [0.4, 0.5) is 5.82 Å². The summed E-state index contributed by atoms with van der Waals surface area (Å²) < 4.78 is 14.2. The van der Waals surface area contributed by atoms with Crippen LogP contribution in [0, 0.1) is 0 Å². The lowest BCUT2D eigenvalue weighted by molar-refractivity contribution is 0.102. The number of anilines is 1. The number of amides is 1. The molecule has 3 aromatic heterocycles. The Morgan fingerprint density at radius 3 is 2.51 bits per heavy atom. The zero-order valence-corrected chi connectivity index (χ0v) is 21.7. The molecule has 1 amide bonds. The van der Waals surface area contributed by atoms with Gasteiger partial charge in [-0.15, -0.1) is 0 Å². The van der Waals surface area contributed by atoms with Gasteiger partial charge in [0.1, 0.15) is 28.6 Å². The molecule has 0 saturated heterocycles. The Bertz CT molecular complexity index is 1690. The minimum absolute atomic E-state index is 0.0369. The number of hydrogen-bond donors (Lipinski definition) is 2. The minimum Gasteiger partial charge on any atom is -0.497 e. The molecule has 0 spiro atoms. The van der Waals surface area contributed by atoms with Crippen molar-refractivity contribution in [3.05, 3.63) is 95.0 Å². The summed E-state index contributed by atoms with van der Waals surface area (Å²) in [5.74, 6) is 1.40. The second-order valence-electron chi connectivity index (χ2n) is 8.98. The molecular weight excluding hydrogens is 498 g/mol. The highest BCUT2D eigenvalue weighted by molar-refractivity contribution is 6.07. The first kappa shape index (κ1) is 25.7. The highest BCUT2D eigenvalue weighted by atomic mass is 16.5. The fraction of sp³-hybridized carbons (Fsp3) is 0.172. The van der Waals surface area contributed by atoms with Crippen LogP contribution in [0.15, 0.2) is 83.9 Å². The zero-order chi connectivity index (χ0) is 27.5. The molecule has 5 aromatic rings. The third-order valence-electron chi connectivity index (χ3n) is 6.19. The third-order valence-corrected chi connectivity index (χ3v) is 6.19. The number of carbonyl (C=O) groups is 1. The fourth-order valence-electron chi connectivity index (χ4n) is 4.35. The predicted molar refractivity (Wildman–Crippen MR) is 147 cm³/mol. The van der Waals surface area contributed by atoms with Gasteiger partial charge in [-0.1, -0.05) is 30.3 Å². The molecule has 0 aliphatic carbocycles. The summed E-state index contributed by atoms with van der Waals surface area (Å²) in [6.45, 7) is 1.77. The SMILES string of the molecule is COc1ccc2c(Oc3ccc(NC(=O)c4c(-c5ccccc5)n(CC(C)O)n(C)c4=O)nc3)ccnc2c1. The summed E-state index contributed by atoms with van der Waals surface area (Å²) >= 11 is 0. The molecule has 39 heavy (non-hydrogen) atoms. The highest BCUT2D eigenvalue weighted by Crippen LogP contribution is 2.31. The summed E-state index contributed by atoms with van der Waals surface area (Å²) in [4.78, 5) is 35.2. The normalized spacial score (nSPS) is 11.8. The largest absolute Gasteiger partial charge is 0.497 e. The number of rotatable bonds is 8. The Morgan fingerprint density at radius 1 is 1.05 bits per heavy atom. The van der Waals surface area contributed by atoms with Crippen LogP contribution in [-0.4, -0.2) is 43.6 Å². The molecule has 0 aliphatic rings. The van der Waals surface area contributed by atoms with Crippen molar-refractivity contribution in [2.75, 3.05) is 12.4 Å². The van der Waals surface area contributed by atoms with Crippen molar-refractivity contribution in [1.82, 2.24) is 19.3 Å². The van der Waals surface area contributed by atoms with Gasteiger partial charge in [0.05, 0.1) is 37.2 Å². The summed E-state index contributed by atoms with van der Waals surface area (Å²) in [5, 5.41) is 13.5. The van der Waals surface area contributed by atoms with Gasteiger partial charge in [-0.25, -0.2) is 4.98 Å². The Kier molecular flexibility index (Phi) is 7.11. The van der Waals surface area contributed by atoms with Crippen molar-refractivity contribution in [2.24, 2.45) is 7.05 Å². The number of benzene rings is 2. The van der Waals surface area contributed by atoms with Crippen LogP contribution >= 0.6 is 0 Å². The molecule has 3 heterocycles. The first-order valence-corrected chi connectivity index (χ1v) is 12.3. The number of carbonyl (C=O) groups excluding carboxylic acids is 1. The smallest absolute Gasteiger partial charge is 0.279 e. The molecule has 0 bridgehead atoms. The quantitative estimate of drug-likeness (QED) is 0.311. The number of methoxy groups -OCH3 is 1. The van der Waals surface area contributed by atoms with E-state index in [4.69, 9.17) is 9.47 Å². The summed E-state index contributed by atoms with van der Waals surface area (Å²) in [5.41, 5.74) is 1.31. The minimum atomic E-state index is -0.727. The number of nitrogens with one attached hydrogen (secondary N) is 1. The van der Waals surface area contributed by atoms with E-state index in [1.54, 1.807) is 50.2 Å². The van der Waals surface area contributed by atoms with Gasteiger partial charge in [0, 0.05) is 30.3 Å². The van der Waals surface area contributed by atoms with Gasteiger partial charge in [-0.2, -0.15) is 0 Å². The van der Waals surface area contributed by atoms with E-state index < -0.39 is 17.6 Å². The second-order valence-corrected chi connectivity index (χ2v) is 8.98. The molecule has 0 aliphatic heterocycles. The van der Waals surface area contributed by atoms with Gasteiger partial charge in [-0.3, -0.25) is 23.9 Å². The Labute approximate surface area is 224 Å². The Balaban J connectivity index is 1.41. The zero-order valence-electron chi connectivity index (χ0n) is 21.7. The van der Waals surface area contributed by atoms with Crippen LogP contribution in [0.25, 0.3) is 22.2 Å². The van der Waals surface area contributed by atoms with Crippen LogP contribution < -0.4 is 20.3 Å². The number of aliphatic hydroxyl groups is 1. The molecule has 0 radical (unpaired) electrons. The maximum atomic E-state index is 13.4. The van der Waals surface area contributed by atoms with Crippen LogP contribution in [0.5, 0.6) is 17.2 Å². The summed E-state index contributed by atoms with van der Waals surface area (Å²) in [6.07, 6.45) is 2.41. The van der Waals surface area contributed by atoms with E-state index >= 15 is 0 Å². The van der Waals surface area contributed by atoms with E-state index in [0.29, 0.717) is 28.5 Å². The first-order chi connectivity index (χ1) is 18.9. The van der Waals surface area contributed by atoms with Crippen LogP contribution in [-0.2, 0) is 13.6 Å². The number of aliphatic hydroxyl groups excluding tert-OH is 1. The molecule has 1 unspecified atom stereocenters. The first-order valence-electron chi connectivity index (χ1n) is 12.3. The molecular formula is C29H27N5O5. The maximum Gasteiger partial charge on any atom is 0.279 e. The molecule has 0 fully saturated rings. The van der Waals surface area contributed by atoms with Gasteiger partial charge < -0.3 is 19.9 Å². The van der Waals surface area contributed by atoms with Crippen molar-refractivity contribution in [3.8, 4) is 28.5 Å². The lowest BCUT2D eigenvalue weighted by Crippen LogP contribution is -2.26. The van der Waals surface area contributed by atoms with Crippen molar-refractivity contribution in [2.45, 2.75) is 19.6 Å². The average molecular weight is 526 g/mol. The second kappa shape index (κ2) is 10.8. The van der Waals surface area contributed by atoms with Crippen LogP contribution in [0.2, 0.25) is 0 Å². The molecule has 10 nitrogen and oxygen atoms in total. The number of nitrogens with zero attached hydrogens (tertiary/aromatic N) is 4. The standard InChI is InChI=1S/C29H27N5O5/c1-18(35)17-34-27(19-7-5-4-6-8-19)26(29(37)33(34)2)28(36)32-25-12-10-21(16-31-25)39-24-13-14-30-23-15-20(38-3)9-11-22(23)24/h4-16,18,35H,17H2,1-3H3,(H,31,32,36). The van der Waals surface area contributed by atoms with E-state index in [-0.39, 0.29) is 17.9 Å². The van der Waals surface area contributed by atoms with E-state index in [1.807, 2.05) is 48.5 Å². The molecule has 1 atom stereocenters. The highest BCUT2D eigenvalue weighted by Gasteiger charge is 2.26. The molecule has 0 saturated carbocycles. The number of aromatic nitrogens is 4. The topological polar surface area (TPSA) is 120 Å². The van der Waals surface area contributed by atoms with E-state index in [0.717, 1.165) is 10.9 Å². The van der Waals surface area contributed by atoms with Crippen molar-refractivity contribution >= 4 is 22.6 Å². The van der Waals surface area contributed by atoms with Crippen molar-refractivity contribution < 1.29 is 19.4 Å². The lowest BCUT2D eigenvalue weighted by atomic mass is 10.1. The number of hydrogen-bond acceptors (Lipinski definition) is 7. The summed E-state index contributed by atoms with van der Waals surface area (Å²) in [7, 11) is 3.16.